The molecule has 0 spiro atoms. The van der Waals surface area contributed by atoms with Crippen LogP contribution in [0.5, 0.6) is 0 Å². The first-order chi connectivity index (χ1) is 8.45. The molecule has 1 rings (SSSR count). The molecule has 0 amide bonds. The first-order valence-electron chi connectivity index (χ1n) is 6.66. The van der Waals surface area contributed by atoms with Gasteiger partial charge in [-0.2, -0.15) is 4.31 Å². The molecule has 0 aromatic rings. The minimum absolute atomic E-state index is 0.180. The maximum Gasteiger partial charge on any atom is 0.215 e. The van der Waals surface area contributed by atoms with Crippen molar-refractivity contribution in [3.8, 4) is 0 Å². The van der Waals surface area contributed by atoms with Crippen molar-refractivity contribution >= 4 is 10.0 Å². The summed E-state index contributed by atoms with van der Waals surface area (Å²) in [5.74, 6) is 0.507. The van der Waals surface area contributed by atoms with E-state index in [4.69, 9.17) is 4.74 Å². The van der Waals surface area contributed by atoms with Crippen molar-refractivity contribution in [3.63, 3.8) is 0 Å². The Morgan fingerprint density at radius 2 is 2.06 bits per heavy atom. The van der Waals surface area contributed by atoms with Crippen LogP contribution >= 0.6 is 0 Å². The Bertz CT molecular complexity index is 326. The van der Waals surface area contributed by atoms with E-state index in [9.17, 15) is 8.42 Å². The third kappa shape index (κ3) is 6.13. The molecule has 0 aromatic heterocycles. The lowest BCUT2D eigenvalue weighted by Crippen LogP contribution is -2.40. The van der Waals surface area contributed by atoms with Gasteiger partial charge in [0.05, 0.1) is 12.4 Å². The molecule has 0 saturated heterocycles. The average molecular weight is 278 g/mol. The highest BCUT2D eigenvalue weighted by molar-refractivity contribution is 7.89. The fourth-order valence-electron chi connectivity index (χ4n) is 1.75. The zero-order chi connectivity index (χ0) is 13.6. The Kier molecular flexibility index (Phi) is 6.55. The molecule has 5 nitrogen and oxygen atoms in total. The molecule has 1 aliphatic rings. The molecule has 1 fully saturated rings. The van der Waals surface area contributed by atoms with Crippen LogP contribution in [0, 0.1) is 5.92 Å². The molecule has 0 unspecified atom stereocenters. The standard InChI is InChI=1S/C12H26N2O3S/c1-11(2)10-14(7-8-17-3)18(15,16)9-6-13-12-4-5-12/h11-13H,4-10H2,1-3H3. The monoisotopic (exact) mass is 278 g/mol. The summed E-state index contributed by atoms with van der Waals surface area (Å²) < 4.78 is 30.9. The minimum Gasteiger partial charge on any atom is -0.383 e. The fraction of sp³-hybridized carbons (Fsp3) is 1.00. The zero-order valence-electron chi connectivity index (χ0n) is 11.7. The van der Waals surface area contributed by atoms with Gasteiger partial charge in [-0.25, -0.2) is 8.42 Å². The summed E-state index contributed by atoms with van der Waals surface area (Å²) in [5.41, 5.74) is 0. The topological polar surface area (TPSA) is 58.6 Å². The van der Waals surface area contributed by atoms with Gasteiger partial charge in [-0.1, -0.05) is 13.8 Å². The molecule has 1 saturated carbocycles. The summed E-state index contributed by atoms with van der Waals surface area (Å²) in [4.78, 5) is 0. The largest absolute Gasteiger partial charge is 0.383 e. The lowest BCUT2D eigenvalue weighted by Gasteiger charge is -2.23. The van der Waals surface area contributed by atoms with E-state index in [-0.39, 0.29) is 5.75 Å². The highest BCUT2D eigenvalue weighted by Gasteiger charge is 2.25. The third-order valence-corrected chi connectivity index (χ3v) is 4.72. The van der Waals surface area contributed by atoms with Crippen molar-refractivity contribution in [2.75, 3.05) is 39.1 Å². The van der Waals surface area contributed by atoms with Crippen LogP contribution < -0.4 is 5.32 Å². The first kappa shape index (κ1) is 15.9. The number of hydrogen-bond donors (Lipinski definition) is 1. The van der Waals surface area contributed by atoms with Gasteiger partial charge in [-0.05, 0) is 18.8 Å². The molecule has 0 aliphatic heterocycles. The molecule has 0 bridgehead atoms. The van der Waals surface area contributed by atoms with Crippen LogP contribution in [0.2, 0.25) is 0 Å². The number of hydrogen-bond acceptors (Lipinski definition) is 4. The van der Waals surface area contributed by atoms with Gasteiger partial charge in [0.25, 0.3) is 0 Å². The van der Waals surface area contributed by atoms with Gasteiger partial charge in [-0.3, -0.25) is 0 Å². The summed E-state index contributed by atoms with van der Waals surface area (Å²) in [6.45, 7) is 6.06. The molecule has 0 aromatic carbocycles. The van der Waals surface area contributed by atoms with Crippen LogP contribution in [-0.4, -0.2) is 57.9 Å². The number of sulfonamides is 1. The zero-order valence-corrected chi connectivity index (χ0v) is 12.5. The number of rotatable bonds is 10. The van der Waals surface area contributed by atoms with E-state index >= 15 is 0 Å². The van der Waals surface area contributed by atoms with Crippen LogP contribution in [0.1, 0.15) is 26.7 Å². The van der Waals surface area contributed by atoms with Crippen molar-refractivity contribution in [1.82, 2.24) is 9.62 Å². The van der Waals surface area contributed by atoms with E-state index in [2.05, 4.69) is 5.32 Å². The third-order valence-electron chi connectivity index (χ3n) is 2.88. The van der Waals surface area contributed by atoms with Crippen molar-refractivity contribution < 1.29 is 13.2 Å². The second-order valence-electron chi connectivity index (χ2n) is 5.29. The predicted octanol–water partition coefficient (Wildman–Crippen LogP) is 0.673. The van der Waals surface area contributed by atoms with Crippen LogP contribution in [0.4, 0.5) is 0 Å². The van der Waals surface area contributed by atoms with Gasteiger partial charge in [0, 0.05) is 32.8 Å². The maximum atomic E-state index is 12.2. The molecule has 18 heavy (non-hydrogen) atoms. The number of ether oxygens (including phenoxy) is 1. The smallest absolute Gasteiger partial charge is 0.215 e. The summed E-state index contributed by atoms with van der Waals surface area (Å²) in [6.07, 6.45) is 2.36. The highest BCUT2D eigenvalue weighted by Crippen LogP contribution is 2.18. The molecular weight excluding hydrogens is 252 g/mol. The van der Waals surface area contributed by atoms with E-state index in [0.717, 1.165) is 0 Å². The first-order valence-corrected chi connectivity index (χ1v) is 8.26. The molecule has 1 aliphatic carbocycles. The minimum atomic E-state index is -3.17. The normalized spacial score (nSPS) is 16.7. The molecular formula is C12H26N2O3S. The van der Waals surface area contributed by atoms with E-state index < -0.39 is 10.0 Å². The molecule has 6 heteroatoms. The number of nitrogens with zero attached hydrogens (tertiary/aromatic N) is 1. The summed E-state index contributed by atoms with van der Waals surface area (Å²) in [6, 6.07) is 0.553. The predicted molar refractivity (Wildman–Crippen MR) is 73.1 cm³/mol. The SMILES string of the molecule is COCCN(CC(C)C)S(=O)(=O)CCNC1CC1. The van der Waals surface area contributed by atoms with Gasteiger partial charge in [-0.15, -0.1) is 0 Å². The molecule has 1 N–H and O–H groups in total. The van der Waals surface area contributed by atoms with Gasteiger partial charge in [0.2, 0.25) is 10.0 Å². The van der Waals surface area contributed by atoms with E-state index in [1.807, 2.05) is 13.8 Å². The summed E-state index contributed by atoms with van der Waals surface area (Å²) >= 11 is 0. The van der Waals surface area contributed by atoms with E-state index in [1.165, 1.54) is 12.8 Å². The lowest BCUT2D eigenvalue weighted by atomic mass is 10.2. The number of methoxy groups -OCH3 is 1. The van der Waals surface area contributed by atoms with E-state index in [0.29, 0.717) is 38.2 Å². The lowest BCUT2D eigenvalue weighted by molar-refractivity contribution is 0.175. The average Bonchev–Trinajstić information content (AvgIpc) is 3.07. The van der Waals surface area contributed by atoms with Crippen molar-refractivity contribution in [3.05, 3.63) is 0 Å². The van der Waals surface area contributed by atoms with Crippen LogP contribution in [0.3, 0.4) is 0 Å². The molecule has 108 valence electrons. The Morgan fingerprint density at radius 1 is 1.39 bits per heavy atom. The van der Waals surface area contributed by atoms with Gasteiger partial charge in [0.15, 0.2) is 0 Å². The second-order valence-corrected chi connectivity index (χ2v) is 7.38. The molecule has 0 atom stereocenters. The maximum absolute atomic E-state index is 12.2. The van der Waals surface area contributed by atoms with E-state index in [1.54, 1.807) is 11.4 Å². The second kappa shape index (κ2) is 7.43. The number of nitrogens with one attached hydrogen (secondary N) is 1. The van der Waals surface area contributed by atoms with Crippen LogP contribution in [-0.2, 0) is 14.8 Å². The highest BCUT2D eigenvalue weighted by atomic mass is 32.2. The van der Waals surface area contributed by atoms with Crippen molar-refractivity contribution in [1.29, 1.82) is 0 Å². The van der Waals surface area contributed by atoms with Gasteiger partial charge < -0.3 is 10.1 Å². The molecule has 0 radical (unpaired) electrons. The Labute approximate surface area is 111 Å². The molecule has 0 heterocycles. The van der Waals surface area contributed by atoms with Crippen LogP contribution in [0.15, 0.2) is 0 Å². The van der Waals surface area contributed by atoms with Crippen molar-refractivity contribution in [2.24, 2.45) is 5.92 Å². The summed E-state index contributed by atoms with van der Waals surface area (Å²) in [7, 11) is -1.57. The van der Waals surface area contributed by atoms with Gasteiger partial charge in [0.1, 0.15) is 0 Å². The Balaban J connectivity index is 2.44. The Morgan fingerprint density at radius 3 is 2.56 bits per heavy atom. The summed E-state index contributed by atoms with van der Waals surface area (Å²) in [5, 5.41) is 3.24. The van der Waals surface area contributed by atoms with Crippen LogP contribution in [0.25, 0.3) is 0 Å². The van der Waals surface area contributed by atoms with Crippen molar-refractivity contribution in [2.45, 2.75) is 32.7 Å². The Hall–Kier alpha value is -0.170. The fourth-order valence-corrected chi connectivity index (χ4v) is 3.26. The van der Waals surface area contributed by atoms with Gasteiger partial charge >= 0.3 is 0 Å². The quantitative estimate of drug-likeness (QED) is 0.638.